The zero-order valence-corrected chi connectivity index (χ0v) is 27.9. The fraction of sp³-hybridized carbons (Fsp3) is 0.656. The average molecular weight is 658 g/mol. The van der Waals surface area contributed by atoms with Crippen LogP contribution in [0, 0.1) is 17.8 Å². The zero-order chi connectivity index (χ0) is 32.9. The van der Waals surface area contributed by atoms with Crippen molar-refractivity contribution in [2.24, 2.45) is 17.8 Å². The highest BCUT2D eigenvalue weighted by atomic mass is 32.2. The van der Waals surface area contributed by atoms with Gasteiger partial charge in [-0.05, 0) is 55.8 Å². The maximum absolute atomic E-state index is 14.7. The molecule has 1 unspecified atom stereocenters. The molecule has 1 aromatic carbocycles. The highest BCUT2D eigenvalue weighted by Gasteiger charge is 2.74. The fourth-order valence-corrected chi connectivity index (χ4v) is 8.92. The molecule has 4 fully saturated rings. The number of ether oxygens (including phenoxy) is 1. The zero-order valence-electron chi connectivity index (χ0n) is 27.1. The SMILES string of the molecule is CC(C)[C@H]1C(=O)N2CCC[C@H]2[C@@]2(OOS(C)(=O)=O)O[C@](NC(=O)[C@@H]3CC4c5cccc6[nH]cc(c56)C[C@H]4N(C)C3)(C(C)C)C(=O)N12. The number of hydrogen-bond donors (Lipinski definition) is 2. The molecule has 4 aliphatic heterocycles. The smallest absolute Gasteiger partial charge is 0.309 e. The van der Waals surface area contributed by atoms with Crippen LogP contribution in [0.2, 0.25) is 0 Å². The van der Waals surface area contributed by atoms with Crippen LogP contribution >= 0.6 is 0 Å². The van der Waals surface area contributed by atoms with E-state index in [9.17, 15) is 22.8 Å². The minimum atomic E-state index is -4.15. The number of H-pyrrole nitrogens is 1. The molecule has 0 radical (unpaired) electrons. The van der Waals surface area contributed by atoms with Crippen molar-refractivity contribution in [3.8, 4) is 0 Å². The minimum absolute atomic E-state index is 0.107. The van der Waals surface area contributed by atoms with Crippen LogP contribution in [0.15, 0.2) is 24.4 Å². The van der Waals surface area contributed by atoms with E-state index in [0.29, 0.717) is 32.4 Å². The van der Waals surface area contributed by atoms with Crippen molar-refractivity contribution in [2.75, 3.05) is 26.4 Å². The predicted molar refractivity (Wildman–Crippen MR) is 166 cm³/mol. The first-order valence-electron chi connectivity index (χ1n) is 16.2. The molecule has 0 saturated carbocycles. The number of amides is 3. The molecular weight excluding hydrogens is 614 g/mol. The Morgan fingerprint density at radius 3 is 2.65 bits per heavy atom. The second-order valence-corrected chi connectivity index (χ2v) is 15.9. The maximum atomic E-state index is 14.7. The third kappa shape index (κ3) is 4.55. The first-order chi connectivity index (χ1) is 21.7. The van der Waals surface area contributed by atoms with Gasteiger partial charge in [0.2, 0.25) is 17.5 Å². The summed E-state index contributed by atoms with van der Waals surface area (Å²) in [5.74, 6) is -4.73. The summed E-state index contributed by atoms with van der Waals surface area (Å²) >= 11 is 0. The van der Waals surface area contributed by atoms with Crippen LogP contribution in [0.3, 0.4) is 0 Å². The number of piperazine rings is 1. The van der Waals surface area contributed by atoms with Crippen LogP contribution in [0.5, 0.6) is 0 Å². The number of aromatic amines is 1. The van der Waals surface area contributed by atoms with Gasteiger partial charge in [-0.1, -0.05) is 39.8 Å². The molecule has 5 aliphatic rings. The molecule has 1 aliphatic carbocycles. The lowest BCUT2D eigenvalue weighted by Gasteiger charge is -2.50. The molecule has 13 nitrogen and oxygen atoms in total. The quantitative estimate of drug-likeness (QED) is 0.337. The Hall–Kier alpha value is -3.04. The number of aromatic nitrogens is 1. The number of nitrogens with zero attached hydrogens (tertiary/aromatic N) is 3. The summed E-state index contributed by atoms with van der Waals surface area (Å²) in [6.45, 7) is 7.98. The summed E-state index contributed by atoms with van der Waals surface area (Å²) < 4.78 is 36.0. The molecule has 0 bridgehead atoms. The van der Waals surface area contributed by atoms with E-state index in [4.69, 9.17) is 14.0 Å². The molecule has 14 heteroatoms. The Morgan fingerprint density at radius 1 is 1.20 bits per heavy atom. The van der Waals surface area contributed by atoms with Gasteiger partial charge in [-0.3, -0.25) is 24.0 Å². The Kier molecular flexibility index (Phi) is 7.37. The number of nitrogens with one attached hydrogen (secondary N) is 2. The van der Waals surface area contributed by atoms with Gasteiger partial charge in [0.1, 0.15) is 12.1 Å². The van der Waals surface area contributed by atoms with E-state index in [2.05, 4.69) is 33.5 Å². The van der Waals surface area contributed by atoms with Crippen LogP contribution in [0.4, 0.5) is 0 Å². The number of carbonyl (C=O) groups excluding carboxylic acids is 3. The molecule has 1 aromatic heterocycles. The van der Waals surface area contributed by atoms with E-state index in [0.717, 1.165) is 18.2 Å². The van der Waals surface area contributed by atoms with Crippen LogP contribution in [0.1, 0.15) is 64.0 Å². The number of fused-ring (bicyclic) bond motifs is 5. The molecule has 2 N–H and O–H groups in total. The van der Waals surface area contributed by atoms with E-state index >= 15 is 0 Å². The van der Waals surface area contributed by atoms with Gasteiger partial charge in [-0.15, -0.1) is 4.33 Å². The van der Waals surface area contributed by atoms with Gasteiger partial charge in [-0.25, -0.2) is 0 Å². The van der Waals surface area contributed by atoms with Gasteiger partial charge >= 0.3 is 5.91 Å². The monoisotopic (exact) mass is 657 g/mol. The number of likely N-dealkylation sites (N-methyl/N-ethyl adjacent to an activating group) is 1. The summed E-state index contributed by atoms with van der Waals surface area (Å²) in [5.41, 5.74) is 1.62. The molecule has 7 rings (SSSR count). The molecule has 46 heavy (non-hydrogen) atoms. The first kappa shape index (κ1) is 31.6. The summed E-state index contributed by atoms with van der Waals surface area (Å²) in [4.78, 5) is 57.0. The van der Waals surface area contributed by atoms with Crippen LogP contribution in [-0.2, 0) is 44.9 Å². The Bertz CT molecular complexity index is 1710. The largest absolute Gasteiger partial charge is 0.361 e. The molecule has 7 atom stereocenters. The van der Waals surface area contributed by atoms with Crippen molar-refractivity contribution in [3.63, 3.8) is 0 Å². The first-order valence-corrected chi connectivity index (χ1v) is 18.0. The standard InChI is InChI=1S/C32H43N5O8S/c1-17(2)27-29(39)36-12-8-11-25(36)32(44-45-46(6,41)42)37(27)30(40)31(43-32,18(3)4)34-28(38)20-13-22-21-9-7-10-23-26(21)19(15-33-23)14-24(22)35(5)16-20/h7,9-10,15,17-18,20,22,24-25,27,33H,8,11-14,16H2,1-6H3,(H,34,38)/t20-,22?,24-,25+,27+,31-,32+/m1/s1. The summed E-state index contributed by atoms with van der Waals surface area (Å²) in [6.07, 6.45) is 5.36. The van der Waals surface area contributed by atoms with Crippen LogP contribution in [-0.4, -0.2) is 102 Å². The number of rotatable bonds is 7. The molecule has 3 amide bonds. The van der Waals surface area contributed by atoms with Gasteiger partial charge in [-0.2, -0.15) is 13.3 Å². The van der Waals surface area contributed by atoms with Crippen molar-refractivity contribution in [1.29, 1.82) is 0 Å². The molecular formula is C32H43N5O8S. The molecule has 2 aromatic rings. The average Bonchev–Trinajstić information content (AvgIpc) is 3.71. The normalized spacial score (nSPS) is 34.4. The van der Waals surface area contributed by atoms with E-state index in [-0.39, 0.29) is 29.7 Å². The van der Waals surface area contributed by atoms with E-state index in [1.807, 2.05) is 13.1 Å². The van der Waals surface area contributed by atoms with Gasteiger partial charge < -0.3 is 20.1 Å². The van der Waals surface area contributed by atoms with E-state index in [1.165, 1.54) is 21.4 Å². The number of likely N-dealkylation sites (tertiary alicyclic amines) is 1. The molecule has 5 heterocycles. The third-order valence-electron chi connectivity index (χ3n) is 10.8. The van der Waals surface area contributed by atoms with Gasteiger partial charge in [0, 0.05) is 48.1 Å². The van der Waals surface area contributed by atoms with Gasteiger partial charge in [0.25, 0.3) is 16.0 Å². The molecule has 4 saturated heterocycles. The molecule has 250 valence electrons. The number of carbonyl (C=O) groups is 3. The Labute approximate surface area is 268 Å². The number of benzene rings is 1. The second-order valence-electron chi connectivity index (χ2n) is 14.4. The van der Waals surface area contributed by atoms with Crippen LogP contribution < -0.4 is 5.32 Å². The lowest BCUT2D eigenvalue weighted by Crippen LogP contribution is -2.73. The summed E-state index contributed by atoms with van der Waals surface area (Å²) in [5, 5.41) is 4.22. The highest BCUT2D eigenvalue weighted by Crippen LogP contribution is 2.51. The second kappa shape index (κ2) is 10.7. The van der Waals surface area contributed by atoms with Crippen molar-refractivity contribution >= 4 is 38.7 Å². The number of piperidine rings is 1. The minimum Gasteiger partial charge on any atom is -0.361 e. The number of hydrogen-bond acceptors (Lipinski definition) is 9. The fourth-order valence-electron chi connectivity index (χ4n) is 8.69. The van der Waals surface area contributed by atoms with E-state index in [1.54, 1.807) is 32.6 Å². The lowest BCUT2D eigenvalue weighted by molar-refractivity contribution is -0.442. The Morgan fingerprint density at radius 2 is 1.96 bits per heavy atom. The highest BCUT2D eigenvalue weighted by molar-refractivity contribution is 7.85. The van der Waals surface area contributed by atoms with Gasteiger partial charge in [0.05, 0.1) is 12.2 Å². The van der Waals surface area contributed by atoms with Crippen molar-refractivity contribution < 1.29 is 36.8 Å². The summed E-state index contributed by atoms with van der Waals surface area (Å²) in [7, 11) is -2.12. The third-order valence-corrected chi connectivity index (χ3v) is 11.1. The Balaban J connectivity index is 1.25. The predicted octanol–water partition coefficient (Wildman–Crippen LogP) is 2.05. The van der Waals surface area contributed by atoms with Crippen molar-refractivity contribution in [3.05, 3.63) is 35.5 Å². The van der Waals surface area contributed by atoms with Crippen molar-refractivity contribution in [2.45, 2.75) is 89.1 Å². The maximum Gasteiger partial charge on any atom is 0.309 e. The topological polar surface area (TPSA) is 151 Å². The van der Waals surface area contributed by atoms with Gasteiger partial charge in [0.15, 0.2) is 0 Å². The van der Waals surface area contributed by atoms with Crippen molar-refractivity contribution in [1.82, 2.24) is 25.0 Å². The summed E-state index contributed by atoms with van der Waals surface area (Å²) in [6, 6.07) is 4.61. The lowest BCUT2D eigenvalue weighted by atomic mass is 9.72. The van der Waals surface area contributed by atoms with Crippen LogP contribution in [0.25, 0.3) is 10.9 Å². The van der Waals surface area contributed by atoms with E-state index < -0.39 is 51.6 Å². The molecule has 0 spiro atoms.